The third-order valence-electron chi connectivity index (χ3n) is 2.99. The highest BCUT2D eigenvalue weighted by Crippen LogP contribution is 2.24. The molecule has 1 aliphatic rings. The third-order valence-corrected chi connectivity index (χ3v) is 4.82. The molecule has 3 N–H and O–H groups in total. The lowest BCUT2D eigenvalue weighted by Crippen LogP contribution is -2.39. The summed E-state index contributed by atoms with van der Waals surface area (Å²) in [5.74, 6) is -0.822. The Hall–Kier alpha value is -0.770. The smallest absolute Gasteiger partial charge is 0.240 e. The second-order valence-electron chi connectivity index (χ2n) is 4.50. The molecule has 118 valence electrons. The molecular weight excluding hydrogens is 323 g/mol. The molecule has 1 atom stereocenters. The van der Waals surface area contributed by atoms with Crippen LogP contribution in [0.15, 0.2) is 17.0 Å². The lowest BCUT2D eigenvalue weighted by Gasteiger charge is -2.23. The van der Waals surface area contributed by atoms with Gasteiger partial charge in [-0.15, -0.1) is 0 Å². The number of benzene rings is 1. The van der Waals surface area contributed by atoms with Crippen molar-refractivity contribution >= 4 is 21.6 Å². The summed E-state index contributed by atoms with van der Waals surface area (Å²) < 4.78 is 50.8. The average Bonchev–Trinajstić information content (AvgIpc) is 2.49. The molecule has 0 amide bonds. The van der Waals surface area contributed by atoms with Gasteiger partial charge < -0.3 is 15.2 Å². The van der Waals surface area contributed by atoms with Crippen LogP contribution in [-0.4, -0.2) is 40.9 Å². The molecule has 1 aromatic carbocycles. The Labute approximate surface area is 127 Å². The van der Waals surface area contributed by atoms with Crippen molar-refractivity contribution in [2.45, 2.75) is 17.5 Å². The van der Waals surface area contributed by atoms with Crippen LogP contribution in [0.2, 0.25) is 5.02 Å². The summed E-state index contributed by atoms with van der Waals surface area (Å²) in [4.78, 5) is -0.221. The molecular formula is C12H16ClFN2O4S. The van der Waals surface area contributed by atoms with Gasteiger partial charge in [-0.2, -0.15) is 0 Å². The number of nitrogens with one attached hydrogen (secondary N) is 1. The molecule has 0 bridgehead atoms. The van der Waals surface area contributed by atoms with Gasteiger partial charge in [0.15, 0.2) is 0 Å². The molecule has 0 saturated carbocycles. The highest BCUT2D eigenvalue weighted by atomic mass is 35.5. The topological polar surface area (TPSA) is 90.7 Å². The standard InChI is InChI=1S/C12H16ClFN2O4S/c13-12-8(5-15)3-10(4-11(12)14)21(17,18)16-6-9-7-19-1-2-20-9/h3-4,9,16H,1-2,5-7,15H2. The average molecular weight is 339 g/mol. The van der Waals surface area contributed by atoms with Crippen molar-refractivity contribution in [3.05, 3.63) is 28.5 Å². The molecule has 9 heteroatoms. The lowest BCUT2D eigenvalue weighted by atomic mass is 10.2. The number of nitrogens with two attached hydrogens (primary N) is 1. The Morgan fingerprint density at radius 1 is 1.43 bits per heavy atom. The molecule has 1 aromatic rings. The minimum absolute atomic E-state index is 0.0462. The Bertz CT molecular complexity index is 606. The van der Waals surface area contributed by atoms with E-state index < -0.39 is 15.8 Å². The molecule has 1 saturated heterocycles. The quantitative estimate of drug-likeness (QED) is 0.822. The Kier molecular flexibility index (Phi) is 5.53. The van der Waals surface area contributed by atoms with Gasteiger partial charge in [-0.1, -0.05) is 11.6 Å². The fraction of sp³-hybridized carbons (Fsp3) is 0.500. The first-order chi connectivity index (χ1) is 9.94. The first-order valence-corrected chi connectivity index (χ1v) is 8.17. The number of hydrogen-bond donors (Lipinski definition) is 2. The predicted molar refractivity (Wildman–Crippen MR) is 75.0 cm³/mol. The van der Waals surface area contributed by atoms with Crippen LogP contribution in [0.5, 0.6) is 0 Å². The monoisotopic (exact) mass is 338 g/mol. The highest BCUT2D eigenvalue weighted by Gasteiger charge is 2.21. The zero-order chi connectivity index (χ0) is 15.5. The van der Waals surface area contributed by atoms with E-state index >= 15 is 0 Å². The summed E-state index contributed by atoms with van der Waals surface area (Å²) in [7, 11) is -3.87. The minimum atomic E-state index is -3.87. The predicted octanol–water partition coefficient (Wildman–Crippen LogP) is 0.632. The van der Waals surface area contributed by atoms with Gasteiger partial charge in [-0.3, -0.25) is 0 Å². The molecule has 1 fully saturated rings. The molecule has 1 unspecified atom stereocenters. The summed E-state index contributed by atoms with van der Waals surface area (Å²) in [6.07, 6.45) is -0.361. The Balaban J connectivity index is 2.13. The van der Waals surface area contributed by atoms with Crippen LogP contribution in [0.25, 0.3) is 0 Å². The zero-order valence-corrected chi connectivity index (χ0v) is 12.7. The molecule has 2 rings (SSSR count). The summed E-state index contributed by atoms with van der Waals surface area (Å²) in [6.45, 7) is 1.21. The van der Waals surface area contributed by atoms with Gasteiger partial charge in [0.2, 0.25) is 10.0 Å². The fourth-order valence-corrected chi connectivity index (χ4v) is 3.18. The van der Waals surface area contributed by atoms with Crippen molar-refractivity contribution < 1.29 is 22.3 Å². The van der Waals surface area contributed by atoms with E-state index in [9.17, 15) is 12.8 Å². The van der Waals surface area contributed by atoms with Gasteiger partial charge in [-0.05, 0) is 17.7 Å². The maximum atomic E-state index is 13.6. The van der Waals surface area contributed by atoms with Crippen LogP contribution < -0.4 is 10.5 Å². The van der Waals surface area contributed by atoms with Crippen LogP contribution >= 0.6 is 11.6 Å². The summed E-state index contributed by atoms with van der Waals surface area (Å²) in [5, 5.41) is -0.166. The number of sulfonamides is 1. The summed E-state index contributed by atoms with van der Waals surface area (Å²) >= 11 is 5.71. The van der Waals surface area contributed by atoms with E-state index in [0.29, 0.717) is 19.8 Å². The van der Waals surface area contributed by atoms with Crippen molar-refractivity contribution in [2.75, 3.05) is 26.4 Å². The number of ether oxygens (including phenoxy) is 2. The number of rotatable bonds is 5. The molecule has 1 heterocycles. The van der Waals surface area contributed by atoms with Gasteiger partial charge in [-0.25, -0.2) is 17.5 Å². The minimum Gasteiger partial charge on any atom is -0.376 e. The zero-order valence-electron chi connectivity index (χ0n) is 11.1. The van der Waals surface area contributed by atoms with Gasteiger partial charge in [0.1, 0.15) is 5.82 Å². The van der Waals surface area contributed by atoms with Gasteiger partial charge >= 0.3 is 0 Å². The van der Waals surface area contributed by atoms with Crippen LogP contribution in [0.3, 0.4) is 0 Å². The number of halogens is 2. The second-order valence-corrected chi connectivity index (χ2v) is 6.65. The van der Waals surface area contributed by atoms with Gasteiger partial charge in [0.25, 0.3) is 0 Å². The van der Waals surface area contributed by atoms with Crippen molar-refractivity contribution in [2.24, 2.45) is 5.73 Å². The first kappa shape index (κ1) is 16.6. The van der Waals surface area contributed by atoms with Crippen molar-refractivity contribution in [1.29, 1.82) is 0 Å². The lowest BCUT2D eigenvalue weighted by molar-refractivity contribution is -0.0846. The van der Waals surface area contributed by atoms with E-state index in [-0.39, 0.29) is 34.7 Å². The largest absolute Gasteiger partial charge is 0.376 e. The molecule has 0 aromatic heterocycles. The van der Waals surface area contributed by atoms with Crippen molar-refractivity contribution in [3.8, 4) is 0 Å². The van der Waals surface area contributed by atoms with E-state index in [1.54, 1.807) is 0 Å². The molecule has 0 spiro atoms. The van der Waals surface area contributed by atoms with E-state index in [2.05, 4.69) is 4.72 Å². The highest BCUT2D eigenvalue weighted by molar-refractivity contribution is 7.89. The first-order valence-electron chi connectivity index (χ1n) is 6.31. The maximum absolute atomic E-state index is 13.6. The van der Waals surface area contributed by atoms with Gasteiger partial charge in [0, 0.05) is 13.1 Å². The van der Waals surface area contributed by atoms with E-state index in [1.807, 2.05) is 0 Å². The fourth-order valence-electron chi connectivity index (χ4n) is 1.86. The van der Waals surface area contributed by atoms with Crippen LogP contribution in [0.1, 0.15) is 5.56 Å². The molecule has 0 radical (unpaired) electrons. The normalized spacial score (nSPS) is 19.7. The second kappa shape index (κ2) is 6.99. The Morgan fingerprint density at radius 2 is 2.19 bits per heavy atom. The van der Waals surface area contributed by atoms with Crippen LogP contribution in [-0.2, 0) is 26.0 Å². The van der Waals surface area contributed by atoms with Crippen molar-refractivity contribution in [1.82, 2.24) is 4.72 Å². The van der Waals surface area contributed by atoms with E-state index in [1.165, 1.54) is 6.07 Å². The molecule has 21 heavy (non-hydrogen) atoms. The molecule has 0 aliphatic carbocycles. The van der Waals surface area contributed by atoms with Crippen molar-refractivity contribution in [3.63, 3.8) is 0 Å². The summed E-state index contributed by atoms with van der Waals surface area (Å²) in [5.41, 5.74) is 5.65. The third kappa shape index (κ3) is 4.12. The van der Waals surface area contributed by atoms with E-state index in [0.717, 1.165) is 6.07 Å². The summed E-state index contributed by atoms with van der Waals surface area (Å²) in [6, 6.07) is 2.12. The Morgan fingerprint density at radius 3 is 2.81 bits per heavy atom. The molecule has 6 nitrogen and oxygen atoms in total. The van der Waals surface area contributed by atoms with Crippen LogP contribution in [0.4, 0.5) is 4.39 Å². The van der Waals surface area contributed by atoms with Crippen LogP contribution in [0, 0.1) is 5.82 Å². The molecule has 1 aliphatic heterocycles. The van der Waals surface area contributed by atoms with Gasteiger partial charge in [0.05, 0.1) is 35.8 Å². The SMILES string of the molecule is NCc1cc(S(=O)(=O)NCC2COCCO2)cc(F)c1Cl. The maximum Gasteiger partial charge on any atom is 0.240 e. The van der Waals surface area contributed by atoms with E-state index in [4.69, 9.17) is 26.8 Å². The number of hydrogen-bond acceptors (Lipinski definition) is 5.